The molecule has 0 amide bonds. The minimum absolute atomic E-state index is 0.239. The highest BCUT2D eigenvalue weighted by Gasteiger charge is 2.16. The van der Waals surface area contributed by atoms with Gasteiger partial charge in [0.25, 0.3) is 0 Å². The van der Waals surface area contributed by atoms with Crippen molar-refractivity contribution in [1.82, 2.24) is 0 Å². The molecule has 0 aromatic carbocycles. The van der Waals surface area contributed by atoms with Crippen molar-refractivity contribution in [2.45, 2.75) is 39.2 Å². The zero-order valence-electron chi connectivity index (χ0n) is 8.29. The standard InChI is InChI=1S/C9H15NO3/c1-9(2,3)13-8(11)12-7-5-4-6-10/h4-5,7H2,1-3H3. The molecule has 4 heteroatoms. The van der Waals surface area contributed by atoms with Crippen LogP contribution in [0.2, 0.25) is 0 Å². The molecule has 74 valence electrons. The van der Waals surface area contributed by atoms with Gasteiger partial charge in [0.2, 0.25) is 0 Å². The molecule has 0 rings (SSSR count). The molecule has 4 nitrogen and oxygen atoms in total. The Labute approximate surface area is 78.4 Å². The molecule has 0 radical (unpaired) electrons. The molecule has 0 aromatic rings. The van der Waals surface area contributed by atoms with Crippen LogP contribution < -0.4 is 0 Å². The molecule has 0 heterocycles. The maximum absolute atomic E-state index is 10.9. The molecular formula is C9H15NO3. The van der Waals surface area contributed by atoms with Crippen LogP contribution in [0.1, 0.15) is 33.6 Å². The summed E-state index contributed by atoms with van der Waals surface area (Å²) in [6, 6.07) is 1.96. The van der Waals surface area contributed by atoms with Crippen LogP contribution in [0, 0.1) is 11.3 Å². The number of unbranched alkanes of at least 4 members (excludes halogenated alkanes) is 1. The fourth-order valence-corrected chi connectivity index (χ4v) is 0.586. The van der Waals surface area contributed by atoms with E-state index < -0.39 is 11.8 Å². The van der Waals surface area contributed by atoms with Gasteiger partial charge >= 0.3 is 6.16 Å². The van der Waals surface area contributed by atoms with E-state index in [0.717, 1.165) is 0 Å². The molecule has 0 saturated heterocycles. The van der Waals surface area contributed by atoms with Crippen molar-refractivity contribution in [2.75, 3.05) is 6.61 Å². The normalized spacial score (nSPS) is 10.3. The maximum Gasteiger partial charge on any atom is 0.508 e. The lowest BCUT2D eigenvalue weighted by Crippen LogP contribution is -2.24. The Morgan fingerprint density at radius 3 is 2.54 bits per heavy atom. The van der Waals surface area contributed by atoms with Crippen LogP contribution >= 0.6 is 0 Å². The number of nitriles is 1. The number of nitrogens with zero attached hydrogens (tertiary/aromatic N) is 1. The molecule has 0 aliphatic rings. The Bertz CT molecular complexity index is 200. The highest BCUT2D eigenvalue weighted by molar-refractivity contribution is 5.60. The fraction of sp³-hybridized carbons (Fsp3) is 0.778. The molecule has 0 aliphatic carbocycles. The zero-order chi connectivity index (χ0) is 10.3. The van der Waals surface area contributed by atoms with Gasteiger partial charge in [-0.25, -0.2) is 4.79 Å². The molecule has 0 atom stereocenters. The first kappa shape index (κ1) is 11.8. The molecule has 0 N–H and O–H groups in total. The monoisotopic (exact) mass is 185 g/mol. The van der Waals surface area contributed by atoms with Crippen LogP contribution in [0.25, 0.3) is 0 Å². The second-order valence-electron chi connectivity index (χ2n) is 3.57. The third-order valence-corrected chi connectivity index (χ3v) is 1.04. The molecule has 0 saturated carbocycles. The number of carbonyl (C=O) groups is 1. The topological polar surface area (TPSA) is 59.3 Å². The van der Waals surface area contributed by atoms with Crippen LogP contribution in [0.3, 0.4) is 0 Å². The van der Waals surface area contributed by atoms with Gasteiger partial charge in [0.05, 0.1) is 12.7 Å². The number of hydrogen-bond donors (Lipinski definition) is 0. The second kappa shape index (κ2) is 5.41. The summed E-state index contributed by atoms with van der Waals surface area (Å²) in [5, 5.41) is 8.20. The van der Waals surface area contributed by atoms with Crippen molar-refractivity contribution in [3.63, 3.8) is 0 Å². The minimum Gasteiger partial charge on any atom is -0.434 e. The molecule has 0 unspecified atom stereocenters. The van der Waals surface area contributed by atoms with Gasteiger partial charge in [-0.05, 0) is 27.2 Å². The Morgan fingerprint density at radius 1 is 1.46 bits per heavy atom. The second-order valence-corrected chi connectivity index (χ2v) is 3.57. The molecule has 13 heavy (non-hydrogen) atoms. The van der Waals surface area contributed by atoms with E-state index in [-0.39, 0.29) is 6.61 Å². The van der Waals surface area contributed by atoms with Crippen molar-refractivity contribution in [1.29, 1.82) is 5.26 Å². The zero-order valence-corrected chi connectivity index (χ0v) is 8.29. The molecular weight excluding hydrogens is 170 g/mol. The third-order valence-electron chi connectivity index (χ3n) is 1.04. The number of hydrogen-bond acceptors (Lipinski definition) is 4. The van der Waals surface area contributed by atoms with E-state index >= 15 is 0 Å². The number of rotatable bonds is 3. The van der Waals surface area contributed by atoms with Gasteiger partial charge in [-0.3, -0.25) is 0 Å². The van der Waals surface area contributed by atoms with E-state index in [9.17, 15) is 4.79 Å². The van der Waals surface area contributed by atoms with Gasteiger partial charge in [-0.15, -0.1) is 0 Å². The SMILES string of the molecule is CC(C)(C)OC(=O)OCCCC#N. The summed E-state index contributed by atoms with van der Waals surface area (Å²) < 4.78 is 9.58. The van der Waals surface area contributed by atoms with Crippen LogP contribution in [-0.4, -0.2) is 18.4 Å². The Hall–Kier alpha value is -1.24. The molecule has 0 bridgehead atoms. The first-order chi connectivity index (χ1) is 5.95. The van der Waals surface area contributed by atoms with Gasteiger partial charge in [0, 0.05) is 6.42 Å². The lowest BCUT2D eigenvalue weighted by Gasteiger charge is -2.18. The van der Waals surface area contributed by atoms with Gasteiger partial charge in [-0.1, -0.05) is 0 Å². The van der Waals surface area contributed by atoms with Gasteiger partial charge in [0.15, 0.2) is 0 Å². The van der Waals surface area contributed by atoms with Gasteiger partial charge in [0.1, 0.15) is 5.60 Å². The average molecular weight is 185 g/mol. The highest BCUT2D eigenvalue weighted by atomic mass is 16.7. The average Bonchev–Trinajstić information content (AvgIpc) is 1.94. The summed E-state index contributed by atoms with van der Waals surface area (Å²) in [4.78, 5) is 10.9. The number of carbonyl (C=O) groups excluding carboxylic acids is 1. The van der Waals surface area contributed by atoms with Crippen LogP contribution in [0.5, 0.6) is 0 Å². The lowest BCUT2D eigenvalue weighted by atomic mass is 10.2. The predicted octanol–water partition coefficient (Wildman–Crippen LogP) is 2.24. The van der Waals surface area contributed by atoms with Gasteiger partial charge < -0.3 is 9.47 Å². The van der Waals surface area contributed by atoms with Crippen molar-refractivity contribution < 1.29 is 14.3 Å². The van der Waals surface area contributed by atoms with Crippen LogP contribution in [0.4, 0.5) is 4.79 Å². The van der Waals surface area contributed by atoms with Crippen molar-refractivity contribution >= 4 is 6.16 Å². The Balaban J connectivity index is 3.48. The summed E-state index contributed by atoms with van der Waals surface area (Å²) in [5.41, 5.74) is -0.522. The van der Waals surface area contributed by atoms with E-state index in [1.165, 1.54) is 0 Å². The lowest BCUT2D eigenvalue weighted by molar-refractivity contribution is -0.00734. The fourth-order valence-electron chi connectivity index (χ4n) is 0.586. The quantitative estimate of drug-likeness (QED) is 0.499. The van der Waals surface area contributed by atoms with Gasteiger partial charge in [-0.2, -0.15) is 5.26 Å². The summed E-state index contributed by atoms with van der Waals surface area (Å²) in [6.45, 7) is 5.54. The number of ether oxygens (including phenoxy) is 2. The first-order valence-corrected chi connectivity index (χ1v) is 4.18. The van der Waals surface area contributed by atoms with Crippen molar-refractivity contribution in [2.24, 2.45) is 0 Å². The Morgan fingerprint density at radius 2 is 2.08 bits per heavy atom. The molecule has 0 aliphatic heterocycles. The summed E-state index contributed by atoms with van der Waals surface area (Å²) >= 11 is 0. The largest absolute Gasteiger partial charge is 0.508 e. The summed E-state index contributed by atoms with van der Waals surface area (Å²) in [5.74, 6) is 0. The van der Waals surface area contributed by atoms with E-state index in [1.807, 2.05) is 6.07 Å². The predicted molar refractivity (Wildman–Crippen MR) is 47.0 cm³/mol. The maximum atomic E-state index is 10.9. The highest BCUT2D eigenvalue weighted by Crippen LogP contribution is 2.08. The van der Waals surface area contributed by atoms with Crippen molar-refractivity contribution in [3.05, 3.63) is 0 Å². The Kier molecular flexibility index (Phi) is 4.90. The third kappa shape index (κ3) is 8.67. The molecule has 0 fully saturated rings. The van der Waals surface area contributed by atoms with E-state index in [1.54, 1.807) is 20.8 Å². The molecule has 0 aromatic heterocycles. The molecule has 0 spiro atoms. The van der Waals surface area contributed by atoms with Crippen LogP contribution in [-0.2, 0) is 9.47 Å². The summed E-state index contributed by atoms with van der Waals surface area (Å²) in [6.07, 6.45) is 0.267. The first-order valence-electron chi connectivity index (χ1n) is 4.18. The summed E-state index contributed by atoms with van der Waals surface area (Å²) in [7, 11) is 0. The smallest absolute Gasteiger partial charge is 0.434 e. The minimum atomic E-state index is -0.676. The van der Waals surface area contributed by atoms with Crippen molar-refractivity contribution in [3.8, 4) is 6.07 Å². The van der Waals surface area contributed by atoms with E-state index in [4.69, 9.17) is 14.7 Å². The van der Waals surface area contributed by atoms with Crippen LogP contribution in [0.15, 0.2) is 0 Å². The van der Waals surface area contributed by atoms with E-state index in [2.05, 4.69) is 0 Å². The van der Waals surface area contributed by atoms with E-state index in [0.29, 0.717) is 12.8 Å².